The van der Waals surface area contributed by atoms with Crippen molar-refractivity contribution in [1.29, 1.82) is 0 Å². The van der Waals surface area contributed by atoms with Crippen molar-refractivity contribution in [2.45, 2.75) is 68.3 Å². The zero-order valence-corrected chi connectivity index (χ0v) is 24.6. The van der Waals surface area contributed by atoms with Gasteiger partial charge in [-0.2, -0.15) is 39.5 Å². The summed E-state index contributed by atoms with van der Waals surface area (Å²) in [7, 11) is 1.37. The Morgan fingerprint density at radius 1 is 0.872 bits per heavy atom. The molecule has 0 bridgehead atoms. The Kier molecular flexibility index (Phi) is 7.92. The van der Waals surface area contributed by atoms with Crippen LogP contribution < -0.4 is 4.74 Å². The Hall–Kier alpha value is -4.01. The van der Waals surface area contributed by atoms with E-state index in [4.69, 9.17) is 9.47 Å². The number of carbonyl (C=O) groups is 1. The van der Waals surface area contributed by atoms with Gasteiger partial charge in [0, 0.05) is 17.7 Å². The van der Waals surface area contributed by atoms with Crippen molar-refractivity contribution in [2.75, 3.05) is 13.7 Å². The van der Waals surface area contributed by atoms with E-state index < -0.39 is 65.2 Å². The van der Waals surface area contributed by atoms with Gasteiger partial charge in [0.1, 0.15) is 11.4 Å². The fourth-order valence-corrected chi connectivity index (χ4v) is 6.51. The summed E-state index contributed by atoms with van der Waals surface area (Å²) in [5, 5.41) is 9.43. The quantitative estimate of drug-likeness (QED) is 0.255. The summed E-state index contributed by atoms with van der Waals surface area (Å²) in [5.74, 6) is 0.503. The highest BCUT2D eigenvalue weighted by atomic mass is 19.4. The van der Waals surface area contributed by atoms with Gasteiger partial charge in [0.15, 0.2) is 6.10 Å². The number of cyclic esters (lactones) is 1. The number of pyridine rings is 1. The van der Waals surface area contributed by atoms with Gasteiger partial charge in [-0.15, -0.1) is 0 Å². The van der Waals surface area contributed by atoms with Crippen molar-refractivity contribution in [2.24, 2.45) is 5.92 Å². The van der Waals surface area contributed by atoms with Crippen LogP contribution in [0, 0.1) is 5.92 Å². The Bertz CT molecular complexity index is 1660. The number of aliphatic hydroxyl groups excluding tert-OH is 1. The third kappa shape index (κ3) is 6.09. The summed E-state index contributed by atoms with van der Waals surface area (Å²) < 4.78 is 134. The second kappa shape index (κ2) is 11.3. The molecule has 0 unspecified atom stereocenters. The molecular formula is C32H27F9N2O4. The summed E-state index contributed by atoms with van der Waals surface area (Å²) in [4.78, 5) is 18.1. The number of alkyl halides is 9. The van der Waals surface area contributed by atoms with E-state index in [9.17, 15) is 49.4 Å². The number of hydrogen-bond acceptors (Lipinski definition) is 5. The van der Waals surface area contributed by atoms with Gasteiger partial charge in [0.25, 0.3) is 0 Å². The molecule has 6 nitrogen and oxygen atoms in total. The maximum atomic E-state index is 13.9. The molecule has 2 saturated carbocycles. The topological polar surface area (TPSA) is 71.9 Å². The smallest absolute Gasteiger partial charge is 0.433 e. The van der Waals surface area contributed by atoms with E-state index in [0.717, 1.165) is 16.5 Å². The minimum absolute atomic E-state index is 0.0270. The molecule has 1 amide bonds. The number of aliphatic hydroxyl groups is 1. The lowest BCUT2D eigenvalue weighted by Gasteiger charge is -2.34. The van der Waals surface area contributed by atoms with Crippen LogP contribution in [-0.4, -0.2) is 40.3 Å². The molecule has 2 aromatic carbocycles. The fraction of sp³-hybridized carbons (Fsp3) is 0.438. The van der Waals surface area contributed by atoms with Crippen LogP contribution in [-0.2, 0) is 29.8 Å². The van der Waals surface area contributed by atoms with Crippen molar-refractivity contribution in [3.63, 3.8) is 0 Å². The van der Waals surface area contributed by atoms with E-state index in [1.807, 2.05) is 6.07 Å². The van der Waals surface area contributed by atoms with Crippen molar-refractivity contribution in [1.82, 2.24) is 9.88 Å². The first-order valence-corrected chi connectivity index (χ1v) is 14.6. The number of nitrogens with zero attached hydrogens (tertiary/aromatic N) is 2. The van der Waals surface area contributed by atoms with Gasteiger partial charge >= 0.3 is 24.6 Å². The molecule has 6 rings (SSSR count). The van der Waals surface area contributed by atoms with Gasteiger partial charge in [-0.25, -0.2) is 9.78 Å². The Morgan fingerprint density at radius 3 is 2.04 bits per heavy atom. The van der Waals surface area contributed by atoms with Crippen LogP contribution in [0.4, 0.5) is 44.3 Å². The second-order valence-electron chi connectivity index (χ2n) is 12.2. The first-order valence-electron chi connectivity index (χ1n) is 14.6. The molecule has 1 spiro atoms. The maximum Gasteiger partial charge on any atom is 0.433 e. The van der Waals surface area contributed by atoms with Gasteiger partial charge in [-0.1, -0.05) is 12.1 Å². The van der Waals surface area contributed by atoms with Crippen LogP contribution in [0.25, 0.3) is 11.1 Å². The van der Waals surface area contributed by atoms with Crippen LogP contribution in [0.3, 0.4) is 0 Å². The minimum atomic E-state index is -5.14. The number of methoxy groups -OCH3 is 1. The SMILES string of the molecule is COc1ccc(C2CC(CO)C2)cc1-c1ccc(C(F)(F)F)nc1CN1C(=O)O[C@H](c2cc(C(F)(F)F)cc(C(F)(F)F)c2)C12CC2. The van der Waals surface area contributed by atoms with Gasteiger partial charge in [-0.3, -0.25) is 4.90 Å². The number of hydrogen-bond donors (Lipinski definition) is 1. The fourth-order valence-electron chi connectivity index (χ4n) is 6.51. The van der Waals surface area contributed by atoms with E-state index in [1.54, 1.807) is 12.1 Å². The Balaban J connectivity index is 1.41. The lowest BCUT2D eigenvalue weighted by Crippen LogP contribution is -2.36. The number of carbonyl (C=O) groups excluding carboxylic acids is 1. The van der Waals surface area contributed by atoms with Crippen LogP contribution in [0.15, 0.2) is 48.5 Å². The molecule has 0 radical (unpaired) electrons. The van der Waals surface area contributed by atoms with E-state index in [1.165, 1.54) is 13.2 Å². The lowest BCUT2D eigenvalue weighted by atomic mass is 9.71. The highest BCUT2D eigenvalue weighted by Crippen LogP contribution is 2.58. The summed E-state index contributed by atoms with van der Waals surface area (Å²) in [6, 6.07) is 8.10. The molecule has 3 aromatic rings. The van der Waals surface area contributed by atoms with Gasteiger partial charge in [-0.05, 0) is 85.0 Å². The number of benzene rings is 2. The normalized spacial score (nSPS) is 22.3. The summed E-state index contributed by atoms with van der Waals surface area (Å²) >= 11 is 0. The van der Waals surface area contributed by atoms with Gasteiger partial charge < -0.3 is 14.6 Å². The standard InChI is InChI=1S/C32H27F9N2O4/c1-46-25-4-2-17(18-8-16(9-18)15-44)12-23(25)22-3-5-26(32(39,40)41)42-24(22)14-43-28(45)47-27(29(43)6-7-29)19-10-20(30(33,34)35)13-21(11-19)31(36,37)38/h2-5,10-13,16,18,27,44H,6-9,14-15H2,1H3/t16?,18?,27-/m1/s1. The molecule has 15 heteroatoms. The zero-order chi connectivity index (χ0) is 34.1. The maximum absolute atomic E-state index is 13.9. The lowest BCUT2D eigenvalue weighted by molar-refractivity contribution is -0.143. The van der Waals surface area contributed by atoms with Crippen LogP contribution in [0.1, 0.15) is 71.3 Å². The molecule has 1 aromatic heterocycles. The van der Waals surface area contributed by atoms with Crippen LogP contribution in [0.5, 0.6) is 5.75 Å². The Labute approximate surface area is 262 Å². The monoisotopic (exact) mass is 674 g/mol. The molecule has 2 heterocycles. The number of rotatable bonds is 7. The molecule has 3 aliphatic rings. The van der Waals surface area contributed by atoms with Crippen molar-refractivity contribution in [3.8, 4) is 16.9 Å². The molecule has 3 fully saturated rings. The molecule has 1 N–H and O–H groups in total. The van der Waals surface area contributed by atoms with Crippen molar-refractivity contribution in [3.05, 3.63) is 82.2 Å². The van der Waals surface area contributed by atoms with Crippen LogP contribution in [0.2, 0.25) is 0 Å². The number of amides is 1. The first kappa shape index (κ1) is 32.9. The average molecular weight is 675 g/mol. The van der Waals surface area contributed by atoms with E-state index >= 15 is 0 Å². The highest BCUT2D eigenvalue weighted by Gasteiger charge is 2.64. The van der Waals surface area contributed by atoms with E-state index in [0.29, 0.717) is 36.3 Å². The average Bonchev–Trinajstić information content (AvgIpc) is 3.72. The Morgan fingerprint density at radius 2 is 1.51 bits per heavy atom. The summed E-state index contributed by atoms with van der Waals surface area (Å²) in [6.45, 7) is -0.553. The summed E-state index contributed by atoms with van der Waals surface area (Å²) in [5.41, 5.74) is -5.20. The summed E-state index contributed by atoms with van der Waals surface area (Å²) in [6.07, 6.45) is -16.2. The van der Waals surface area contributed by atoms with Crippen molar-refractivity contribution >= 4 is 6.09 Å². The second-order valence-corrected chi connectivity index (χ2v) is 12.2. The van der Waals surface area contributed by atoms with Gasteiger partial charge in [0.05, 0.1) is 36.0 Å². The van der Waals surface area contributed by atoms with E-state index in [2.05, 4.69) is 4.98 Å². The molecular weight excluding hydrogens is 647 g/mol. The largest absolute Gasteiger partial charge is 0.496 e. The number of halogens is 9. The zero-order valence-electron chi connectivity index (χ0n) is 24.6. The van der Waals surface area contributed by atoms with Crippen LogP contribution >= 0.6 is 0 Å². The number of aromatic nitrogens is 1. The third-order valence-corrected chi connectivity index (χ3v) is 9.19. The third-order valence-electron chi connectivity index (χ3n) is 9.19. The predicted molar refractivity (Wildman–Crippen MR) is 147 cm³/mol. The molecule has 2 aliphatic carbocycles. The van der Waals surface area contributed by atoms with Gasteiger partial charge in [0.2, 0.25) is 0 Å². The highest BCUT2D eigenvalue weighted by molar-refractivity contribution is 5.76. The molecule has 1 atom stereocenters. The molecule has 47 heavy (non-hydrogen) atoms. The molecule has 252 valence electrons. The number of ether oxygens (including phenoxy) is 2. The minimum Gasteiger partial charge on any atom is -0.496 e. The molecule has 1 aliphatic heterocycles. The van der Waals surface area contributed by atoms with E-state index in [-0.39, 0.29) is 48.6 Å². The molecule has 1 saturated heterocycles. The van der Waals surface area contributed by atoms with Crippen molar-refractivity contribution < 1.29 is 58.9 Å². The first-order chi connectivity index (χ1) is 21.9. The predicted octanol–water partition coefficient (Wildman–Crippen LogP) is 8.53.